The highest BCUT2D eigenvalue weighted by Gasteiger charge is 2.31. The van der Waals surface area contributed by atoms with Crippen LogP contribution in [-0.2, 0) is 11.2 Å². The van der Waals surface area contributed by atoms with Gasteiger partial charge in [0.2, 0.25) is 5.91 Å². The van der Waals surface area contributed by atoms with E-state index in [-0.39, 0.29) is 42.9 Å². The minimum atomic E-state index is -4.75. The van der Waals surface area contributed by atoms with Gasteiger partial charge in [0.15, 0.2) is 0 Å². The van der Waals surface area contributed by atoms with E-state index < -0.39 is 6.36 Å². The summed E-state index contributed by atoms with van der Waals surface area (Å²) in [5.41, 5.74) is 5.95. The highest BCUT2D eigenvalue weighted by Crippen LogP contribution is 2.26. The zero-order valence-corrected chi connectivity index (χ0v) is 14.4. The lowest BCUT2D eigenvalue weighted by Gasteiger charge is -2.17. The lowest BCUT2D eigenvalue weighted by molar-refractivity contribution is -0.274. The molecule has 138 valence electrons. The van der Waals surface area contributed by atoms with Crippen molar-refractivity contribution in [1.82, 2.24) is 5.32 Å². The molecule has 1 amide bonds. The maximum atomic E-state index is 12.3. The number of hydrogen-bond donors (Lipinski definition) is 2. The Kier molecular flexibility index (Phi) is 10.5. The summed E-state index contributed by atoms with van der Waals surface area (Å²) in [6, 6.07) is 5.74. The molecule has 0 aliphatic heterocycles. The molecule has 1 rings (SSSR count). The summed E-state index contributed by atoms with van der Waals surface area (Å²) in [6.45, 7) is 2.40. The van der Waals surface area contributed by atoms with Crippen LogP contribution in [0.3, 0.4) is 0 Å². The molecule has 0 fully saturated rings. The van der Waals surface area contributed by atoms with Gasteiger partial charge in [-0.3, -0.25) is 4.79 Å². The number of carbonyl (C=O) groups excluding carboxylic acids is 1. The van der Waals surface area contributed by atoms with Crippen LogP contribution in [0.2, 0.25) is 0 Å². The second-order valence-corrected chi connectivity index (χ2v) is 5.30. The molecule has 24 heavy (non-hydrogen) atoms. The average Bonchev–Trinajstić information content (AvgIpc) is 2.49. The number of alkyl halides is 3. The van der Waals surface area contributed by atoms with Gasteiger partial charge in [-0.1, -0.05) is 38.0 Å². The number of rotatable bonds is 9. The summed E-state index contributed by atoms with van der Waals surface area (Å²) < 4.78 is 41.0. The highest BCUT2D eigenvalue weighted by atomic mass is 35.5. The number of ether oxygens (including phenoxy) is 1. The quantitative estimate of drug-likeness (QED) is 0.700. The number of halogens is 4. The Hall–Kier alpha value is -1.47. The molecule has 0 aromatic heterocycles. The second kappa shape index (κ2) is 11.1. The lowest BCUT2D eigenvalue weighted by atomic mass is 10.1. The molecule has 0 aliphatic rings. The Balaban J connectivity index is 0.00000529. The third-order valence-electron chi connectivity index (χ3n) is 3.38. The monoisotopic (exact) mass is 368 g/mol. The van der Waals surface area contributed by atoms with Gasteiger partial charge >= 0.3 is 6.36 Å². The molecule has 0 aliphatic carbocycles. The van der Waals surface area contributed by atoms with Gasteiger partial charge < -0.3 is 15.8 Å². The van der Waals surface area contributed by atoms with Gasteiger partial charge in [-0.05, 0) is 24.5 Å². The van der Waals surface area contributed by atoms with Gasteiger partial charge in [0.05, 0.1) is 0 Å². The Bertz CT molecular complexity index is 498. The van der Waals surface area contributed by atoms with Crippen LogP contribution in [-0.4, -0.2) is 24.9 Å². The number of nitrogens with two attached hydrogens (primary N) is 1. The maximum absolute atomic E-state index is 12.3. The molecule has 4 nitrogen and oxygen atoms in total. The van der Waals surface area contributed by atoms with E-state index in [0.29, 0.717) is 12.1 Å². The fourth-order valence-electron chi connectivity index (χ4n) is 2.18. The van der Waals surface area contributed by atoms with E-state index in [4.69, 9.17) is 5.73 Å². The third-order valence-corrected chi connectivity index (χ3v) is 3.38. The number of aryl methyl sites for hydroxylation is 1. The van der Waals surface area contributed by atoms with Crippen LogP contribution in [0.15, 0.2) is 24.3 Å². The van der Waals surface area contributed by atoms with Crippen LogP contribution in [0, 0.1) is 0 Å². The molecular weight excluding hydrogens is 345 g/mol. The number of unbranched alkanes of at least 4 members (excludes halogenated alkanes) is 1. The van der Waals surface area contributed by atoms with Gasteiger partial charge in [-0.15, -0.1) is 25.6 Å². The van der Waals surface area contributed by atoms with E-state index >= 15 is 0 Å². The minimum Gasteiger partial charge on any atom is -0.406 e. The molecule has 1 aromatic carbocycles. The standard InChI is InChI=1S/C16H23F3N2O2.ClH/c1-2-3-7-13(11-20)21-15(22)10-9-12-6-4-5-8-14(12)23-16(17,18)19;/h4-6,8,13H,2-3,7,9-11,20H2,1H3,(H,21,22);1H. The van der Waals surface area contributed by atoms with Crippen LogP contribution in [0.4, 0.5) is 13.2 Å². The number of amides is 1. The molecule has 0 radical (unpaired) electrons. The fourth-order valence-corrected chi connectivity index (χ4v) is 2.18. The first-order valence-corrected chi connectivity index (χ1v) is 7.68. The van der Waals surface area contributed by atoms with Gasteiger partial charge in [-0.2, -0.15) is 0 Å². The number of para-hydroxylation sites is 1. The van der Waals surface area contributed by atoms with E-state index in [0.717, 1.165) is 19.3 Å². The topological polar surface area (TPSA) is 64.3 Å². The number of nitrogens with one attached hydrogen (secondary N) is 1. The summed E-state index contributed by atoms with van der Waals surface area (Å²) in [6.07, 6.45) is -1.72. The maximum Gasteiger partial charge on any atom is 0.573 e. The van der Waals surface area contributed by atoms with Crippen LogP contribution >= 0.6 is 12.4 Å². The first-order valence-electron chi connectivity index (χ1n) is 7.68. The van der Waals surface area contributed by atoms with Crippen molar-refractivity contribution in [3.63, 3.8) is 0 Å². The largest absolute Gasteiger partial charge is 0.573 e. The molecule has 1 unspecified atom stereocenters. The van der Waals surface area contributed by atoms with E-state index in [2.05, 4.69) is 10.1 Å². The van der Waals surface area contributed by atoms with E-state index in [1.54, 1.807) is 6.07 Å². The number of benzene rings is 1. The predicted molar refractivity (Wildman–Crippen MR) is 89.2 cm³/mol. The fraction of sp³-hybridized carbons (Fsp3) is 0.562. The molecule has 1 aromatic rings. The van der Waals surface area contributed by atoms with Gasteiger partial charge in [-0.25, -0.2) is 0 Å². The first-order chi connectivity index (χ1) is 10.9. The van der Waals surface area contributed by atoms with E-state index in [9.17, 15) is 18.0 Å². The molecule has 0 saturated carbocycles. The van der Waals surface area contributed by atoms with Crippen LogP contribution in [0.1, 0.15) is 38.2 Å². The summed E-state index contributed by atoms with van der Waals surface area (Å²) in [4.78, 5) is 11.9. The molecular formula is C16H24ClF3N2O2. The third kappa shape index (κ3) is 8.98. The Morgan fingerprint density at radius 3 is 2.58 bits per heavy atom. The molecule has 0 spiro atoms. The molecule has 3 N–H and O–H groups in total. The predicted octanol–water partition coefficient (Wildman–Crippen LogP) is 3.57. The number of carbonyl (C=O) groups is 1. The Labute approximate surface area is 146 Å². The van der Waals surface area contributed by atoms with Crippen molar-refractivity contribution in [2.45, 2.75) is 51.4 Å². The molecule has 0 heterocycles. The van der Waals surface area contributed by atoms with Crippen LogP contribution in [0.5, 0.6) is 5.75 Å². The van der Waals surface area contributed by atoms with Crippen molar-refractivity contribution in [3.05, 3.63) is 29.8 Å². The van der Waals surface area contributed by atoms with Gasteiger partial charge in [0.1, 0.15) is 5.75 Å². The van der Waals surface area contributed by atoms with Crippen LogP contribution < -0.4 is 15.8 Å². The Morgan fingerprint density at radius 1 is 1.33 bits per heavy atom. The molecule has 0 bridgehead atoms. The zero-order chi connectivity index (χ0) is 17.3. The van der Waals surface area contributed by atoms with Crippen molar-refractivity contribution >= 4 is 18.3 Å². The minimum absolute atomic E-state index is 0. The second-order valence-electron chi connectivity index (χ2n) is 5.30. The van der Waals surface area contributed by atoms with E-state index in [1.807, 2.05) is 6.92 Å². The molecule has 8 heteroatoms. The van der Waals surface area contributed by atoms with Gasteiger partial charge in [0, 0.05) is 19.0 Å². The smallest absolute Gasteiger partial charge is 0.406 e. The lowest BCUT2D eigenvalue weighted by Crippen LogP contribution is -2.40. The van der Waals surface area contributed by atoms with Crippen molar-refractivity contribution in [3.8, 4) is 5.75 Å². The highest BCUT2D eigenvalue weighted by molar-refractivity contribution is 5.85. The van der Waals surface area contributed by atoms with Crippen molar-refractivity contribution < 1.29 is 22.7 Å². The van der Waals surface area contributed by atoms with Crippen molar-refractivity contribution in [2.75, 3.05) is 6.54 Å². The SMILES string of the molecule is CCCCC(CN)NC(=O)CCc1ccccc1OC(F)(F)F.Cl. The summed E-state index contributed by atoms with van der Waals surface area (Å²) >= 11 is 0. The first kappa shape index (κ1) is 22.5. The summed E-state index contributed by atoms with van der Waals surface area (Å²) in [5.74, 6) is -0.493. The van der Waals surface area contributed by atoms with Crippen molar-refractivity contribution in [2.24, 2.45) is 5.73 Å². The van der Waals surface area contributed by atoms with Gasteiger partial charge in [0.25, 0.3) is 0 Å². The molecule has 1 atom stereocenters. The number of hydrogen-bond acceptors (Lipinski definition) is 3. The van der Waals surface area contributed by atoms with E-state index in [1.165, 1.54) is 18.2 Å². The summed E-state index contributed by atoms with van der Waals surface area (Å²) in [7, 11) is 0. The normalized spacial score (nSPS) is 12.2. The Morgan fingerprint density at radius 2 is 2.00 bits per heavy atom. The zero-order valence-electron chi connectivity index (χ0n) is 13.6. The summed E-state index contributed by atoms with van der Waals surface area (Å²) in [5, 5.41) is 2.81. The van der Waals surface area contributed by atoms with Crippen LogP contribution in [0.25, 0.3) is 0 Å². The van der Waals surface area contributed by atoms with Crippen molar-refractivity contribution in [1.29, 1.82) is 0 Å². The molecule has 0 saturated heterocycles. The average molecular weight is 369 g/mol.